The van der Waals surface area contributed by atoms with Crippen LogP contribution in [-0.2, 0) is 4.79 Å². The van der Waals surface area contributed by atoms with Gasteiger partial charge in [-0.1, -0.05) is 12.1 Å². The van der Waals surface area contributed by atoms with E-state index in [9.17, 15) is 9.18 Å². The van der Waals surface area contributed by atoms with Crippen LogP contribution in [0.15, 0.2) is 42.6 Å². The van der Waals surface area contributed by atoms with Crippen LogP contribution >= 0.6 is 0 Å². The van der Waals surface area contributed by atoms with Crippen LogP contribution in [0, 0.1) is 17.1 Å². The molecule has 0 bridgehead atoms. The zero-order valence-corrected chi connectivity index (χ0v) is 13.6. The molecule has 0 spiro atoms. The minimum atomic E-state index is -0.582. The summed E-state index contributed by atoms with van der Waals surface area (Å²) < 4.78 is 13.1. The lowest BCUT2D eigenvalue weighted by Gasteiger charge is -2.38. The standard InChI is InChI=1S/C18H18FN5O/c19-15-3-1-14(2-4-15)17(18(21)25)24-9-7-23(8-10-24)16-11-13(12-20)5-6-22-16/h1-6,11,17H,7-10H2,(H2,21,25)/t17-/m0/s1. The van der Waals surface area contributed by atoms with E-state index in [0.29, 0.717) is 37.3 Å². The van der Waals surface area contributed by atoms with Gasteiger partial charge in [-0.15, -0.1) is 0 Å². The molecule has 0 unspecified atom stereocenters. The van der Waals surface area contributed by atoms with Crippen molar-refractivity contribution in [3.63, 3.8) is 0 Å². The Bertz CT molecular complexity index is 794. The number of benzene rings is 1. The lowest BCUT2D eigenvalue weighted by molar-refractivity contribution is -0.123. The molecular formula is C18H18FN5O. The number of nitrogens with zero attached hydrogens (tertiary/aromatic N) is 4. The number of amides is 1. The highest BCUT2D eigenvalue weighted by atomic mass is 19.1. The predicted octanol–water partition coefficient (Wildman–Crippen LogP) is 1.44. The quantitative estimate of drug-likeness (QED) is 0.911. The fraction of sp³-hybridized carbons (Fsp3) is 0.278. The molecule has 0 radical (unpaired) electrons. The first kappa shape index (κ1) is 16.9. The summed E-state index contributed by atoms with van der Waals surface area (Å²) in [5.41, 5.74) is 6.84. The first-order valence-electron chi connectivity index (χ1n) is 7.98. The van der Waals surface area contributed by atoms with E-state index in [2.05, 4.69) is 16.0 Å². The molecule has 2 aromatic rings. The van der Waals surface area contributed by atoms with E-state index >= 15 is 0 Å². The van der Waals surface area contributed by atoms with Crippen molar-refractivity contribution in [2.24, 2.45) is 5.73 Å². The second-order valence-corrected chi connectivity index (χ2v) is 5.89. The molecule has 1 fully saturated rings. The van der Waals surface area contributed by atoms with Crippen LogP contribution in [0.2, 0.25) is 0 Å². The van der Waals surface area contributed by atoms with E-state index in [1.54, 1.807) is 30.5 Å². The van der Waals surface area contributed by atoms with Gasteiger partial charge in [0.15, 0.2) is 0 Å². The van der Waals surface area contributed by atoms with Crippen molar-refractivity contribution in [1.29, 1.82) is 5.26 Å². The van der Waals surface area contributed by atoms with Gasteiger partial charge in [0, 0.05) is 32.4 Å². The first-order chi connectivity index (χ1) is 12.1. The molecule has 25 heavy (non-hydrogen) atoms. The molecule has 1 amide bonds. The molecular weight excluding hydrogens is 321 g/mol. The third-order valence-electron chi connectivity index (χ3n) is 4.33. The summed E-state index contributed by atoms with van der Waals surface area (Å²) in [5, 5.41) is 9.00. The Kier molecular flexibility index (Phi) is 4.91. The molecule has 7 heteroatoms. The van der Waals surface area contributed by atoms with Gasteiger partial charge in [0.25, 0.3) is 0 Å². The third-order valence-corrected chi connectivity index (χ3v) is 4.33. The van der Waals surface area contributed by atoms with Gasteiger partial charge in [-0.05, 0) is 29.8 Å². The van der Waals surface area contributed by atoms with Crippen molar-refractivity contribution in [2.45, 2.75) is 6.04 Å². The highest BCUT2D eigenvalue weighted by Gasteiger charge is 2.29. The lowest BCUT2D eigenvalue weighted by atomic mass is 10.0. The van der Waals surface area contributed by atoms with Gasteiger partial charge >= 0.3 is 0 Å². The molecule has 1 aliphatic heterocycles. The molecule has 2 N–H and O–H groups in total. The van der Waals surface area contributed by atoms with E-state index < -0.39 is 11.9 Å². The molecule has 3 rings (SSSR count). The number of piperazine rings is 1. The van der Waals surface area contributed by atoms with Crippen LogP contribution < -0.4 is 10.6 Å². The fourth-order valence-corrected chi connectivity index (χ4v) is 3.07. The molecule has 1 saturated heterocycles. The Balaban J connectivity index is 1.72. The maximum atomic E-state index is 13.1. The molecule has 1 atom stereocenters. The highest BCUT2D eigenvalue weighted by molar-refractivity contribution is 5.81. The number of nitrogens with two attached hydrogens (primary N) is 1. The smallest absolute Gasteiger partial charge is 0.239 e. The van der Waals surface area contributed by atoms with Crippen LogP contribution in [0.3, 0.4) is 0 Å². The Morgan fingerprint density at radius 2 is 1.88 bits per heavy atom. The predicted molar refractivity (Wildman–Crippen MR) is 91.1 cm³/mol. The summed E-state index contributed by atoms with van der Waals surface area (Å²) in [6.45, 7) is 2.55. The molecule has 0 aliphatic carbocycles. The Hall–Kier alpha value is -2.98. The molecule has 1 aliphatic rings. The summed E-state index contributed by atoms with van der Waals surface area (Å²) in [5.74, 6) is -0.0546. The number of carbonyl (C=O) groups excluding carboxylic acids is 1. The number of hydrogen-bond donors (Lipinski definition) is 1. The van der Waals surface area contributed by atoms with E-state index in [4.69, 9.17) is 11.0 Å². The molecule has 6 nitrogen and oxygen atoms in total. The van der Waals surface area contributed by atoms with Gasteiger partial charge in [-0.3, -0.25) is 9.69 Å². The number of halogens is 1. The van der Waals surface area contributed by atoms with Crippen molar-refractivity contribution in [3.05, 3.63) is 59.5 Å². The number of primary amides is 1. The topological polar surface area (TPSA) is 86.2 Å². The first-order valence-corrected chi connectivity index (χ1v) is 7.98. The lowest BCUT2D eigenvalue weighted by Crippen LogP contribution is -2.50. The Morgan fingerprint density at radius 3 is 2.48 bits per heavy atom. The van der Waals surface area contributed by atoms with Crippen LogP contribution in [0.5, 0.6) is 0 Å². The summed E-state index contributed by atoms with van der Waals surface area (Å²) in [7, 11) is 0. The number of pyridine rings is 1. The van der Waals surface area contributed by atoms with Crippen LogP contribution in [-0.4, -0.2) is 42.0 Å². The van der Waals surface area contributed by atoms with E-state index in [-0.39, 0.29) is 5.82 Å². The minimum absolute atomic E-state index is 0.347. The zero-order chi connectivity index (χ0) is 17.8. The van der Waals surface area contributed by atoms with Crippen molar-refractivity contribution in [1.82, 2.24) is 9.88 Å². The fourth-order valence-electron chi connectivity index (χ4n) is 3.07. The number of anilines is 1. The van der Waals surface area contributed by atoms with Crippen molar-refractivity contribution in [3.8, 4) is 6.07 Å². The van der Waals surface area contributed by atoms with Crippen LogP contribution in [0.25, 0.3) is 0 Å². The Morgan fingerprint density at radius 1 is 1.20 bits per heavy atom. The van der Waals surface area contributed by atoms with E-state index in [1.807, 2.05) is 4.90 Å². The normalized spacial score (nSPS) is 16.2. The number of nitriles is 1. The van der Waals surface area contributed by atoms with Gasteiger partial charge in [-0.2, -0.15) is 5.26 Å². The molecule has 0 saturated carbocycles. The van der Waals surface area contributed by atoms with Crippen molar-refractivity contribution >= 4 is 11.7 Å². The van der Waals surface area contributed by atoms with Gasteiger partial charge in [-0.25, -0.2) is 9.37 Å². The second-order valence-electron chi connectivity index (χ2n) is 5.89. The average Bonchev–Trinajstić information content (AvgIpc) is 2.64. The SMILES string of the molecule is N#Cc1ccnc(N2CCN([C@H](C(N)=O)c3ccc(F)cc3)CC2)c1. The summed E-state index contributed by atoms with van der Waals surface area (Å²) in [6, 6.07) is 10.8. The summed E-state index contributed by atoms with van der Waals surface area (Å²) >= 11 is 0. The summed E-state index contributed by atoms with van der Waals surface area (Å²) in [4.78, 5) is 20.3. The van der Waals surface area contributed by atoms with Gasteiger partial charge in [0.2, 0.25) is 5.91 Å². The molecule has 1 aromatic heterocycles. The van der Waals surface area contributed by atoms with Gasteiger partial charge < -0.3 is 10.6 Å². The zero-order valence-electron chi connectivity index (χ0n) is 13.6. The Labute approximate surface area is 145 Å². The largest absolute Gasteiger partial charge is 0.368 e. The minimum Gasteiger partial charge on any atom is -0.368 e. The van der Waals surface area contributed by atoms with Gasteiger partial charge in [0.1, 0.15) is 17.7 Å². The van der Waals surface area contributed by atoms with E-state index in [0.717, 1.165) is 5.82 Å². The summed E-state index contributed by atoms with van der Waals surface area (Å²) in [6.07, 6.45) is 1.62. The second kappa shape index (κ2) is 7.28. The van der Waals surface area contributed by atoms with Crippen molar-refractivity contribution < 1.29 is 9.18 Å². The van der Waals surface area contributed by atoms with Crippen molar-refractivity contribution in [2.75, 3.05) is 31.1 Å². The molecule has 128 valence electrons. The molecule has 1 aromatic carbocycles. The number of hydrogen-bond acceptors (Lipinski definition) is 5. The maximum absolute atomic E-state index is 13.1. The number of carbonyl (C=O) groups is 1. The van der Waals surface area contributed by atoms with Crippen LogP contribution in [0.4, 0.5) is 10.2 Å². The van der Waals surface area contributed by atoms with Crippen LogP contribution in [0.1, 0.15) is 17.2 Å². The van der Waals surface area contributed by atoms with Gasteiger partial charge in [0.05, 0.1) is 11.6 Å². The maximum Gasteiger partial charge on any atom is 0.239 e. The molecule has 2 heterocycles. The number of rotatable bonds is 4. The monoisotopic (exact) mass is 339 g/mol. The van der Waals surface area contributed by atoms with E-state index in [1.165, 1.54) is 12.1 Å². The third kappa shape index (κ3) is 3.75. The average molecular weight is 339 g/mol. The highest BCUT2D eigenvalue weighted by Crippen LogP contribution is 2.24. The number of aromatic nitrogens is 1.